The Morgan fingerprint density at radius 1 is 1.48 bits per heavy atom. The fourth-order valence-corrected chi connectivity index (χ4v) is 2.28. The van der Waals surface area contributed by atoms with Gasteiger partial charge in [0.2, 0.25) is 11.8 Å². The van der Waals surface area contributed by atoms with Crippen molar-refractivity contribution in [1.29, 1.82) is 0 Å². The highest BCUT2D eigenvalue weighted by Gasteiger charge is 2.25. The number of carbonyl (C=O) groups is 1. The van der Waals surface area contributed by atoms with Crippen molar-refractivity contribution in [2.24, 2.45) is 5.92 Å². The fraction of sp³-hybridized carbons (Fsp3) is 0.750. The van der Waals surface area contributed by atoms with E-state index in [9.17, 15) is 4.79 Å². The van der Waals surface area contributed by atoms with E-state index < -0.39 is 0 Å². The third-order valence-electron chi connectivity index (χ3n) is 3.66. The van der Waals surface area contributed by atoms with Crippen LogP contribution in [-0.4, -0.2) is 35.6 Å². The van der Waals surface area contributed by atoms with Gasteiger partial charge in [-0.3, -0.25) is 15.0 Å². The van der Waals surface area contributed by atoms with E-state index >= 15 is 0 Å². The van der Waals surface area contributed by atoms with Crippen molar-refractivity contribution in [3.63, 3.8) is 0 Å². The molecule has 1 aromatic heterocycles. The topological polar surface area (TPSA) is 58.4 Å². The highest BCUT2D eigenvalue weighted by atomic mass is 16.5. The first-order valence-corrected chi connectivity index (χ1v) is 7.88. The van der Waals surface area contributed by atoms with Gasteiger partial charge in [-0.1, -0.05) is 32.9 Å². The lowest BCUT2D eigenvalue weighted by Gasteiger charge is -2.20. The Balaban J connectivity index is 1.86. The van der Waals surface area contributed by atoms with Crippen LogP contribution in [0.4, 0.5) is 5.88 Å². The number of nitrogens with one attached hydrogen (secondary N) is 1. The molecule has 1 aliphatic rings. The SMILES string of the molecule is CCCN(CC(=O)Nc1cc(C(C)(C)C)no1)CC1CC1. The van der Waals surface area contributed by atoms with E-state index in [1.165, 1.54) is 12.8 Å². The molecule has 2 rings (SSSR count). The number of anilines is 1. The lowest BCUT2D eigenvalue weighted by atomic mass is 9.92. The molecule has 1 aliphatic carbocycles. The maximum Gasteiger partial charge on any atom is 0.240 e. The summed E-state index contributed by atoms with van der Waals surface area (Å²) >= 11 is 0. The molecule has 0 saturated heterocycles. The smallest absolute Gasteiger partial charge is 0.240 e. The fourth-order valence-electron chi connectivity index (χ4n) is 2.28. The molecular formula is C16H27N3O2. The molecule has 0 radical (unpaired) electrons. The van der Waals surface area contributed by atoms with Crippen molar-refractivity contribution in [2.75, 3.05) is 25.0 Å². The first-order valence-electron chi connectivity index (χ1n) is 7.88. The van der Waals surface area contributed by atoms with Gasteiger partial charge in [0.15, 0.2) is 0 Å². The molecule has 5 heteroatoms. The van der Waals surface area contributed by atoms with Crippen LogP contribution in [0, 0.1) is 5.92 Å². The van der Waals surface area contributed by atoms with E-state index in [2.05, 4.69) is 43.1 Å². The molecule has 21 heavy (non-hydrogen) atoms. The van der Waals surface area contributed by atoms with Crippen molar-refractivity contribution in [3.8, 4) is 0 Å². The number of amides is 1. The summed E-state index contributed by atoms with van der Waals surface area (Å²) in [5, 5.41) is 6.82. The summed E-state index contributed by atoms with van der Waals surface area (Å²) in [6.07, 6.45) is 3.67. The minimum atomic E-state index is -0.0767. The maximum atomic E-state index is 12.1. The molecule has 0 atom stereocenters. The van der Waals surface area contributed by atoms with Crippen molar-refractivity contribution in [1.82, 2.24) is 10.1 Å². The predicted molar refractivity (Wildman–Crippen MR) is 83.3 cm³/mol. The molecule has 1 aromatic rings. The van der Waals surface area contributed by atoms with Gasteiger partial charge in [0.25, 0.3) is 0 Å². The van der Waals surface area contributed by atoms with Gasteiger partial charge in [-0.25, -0.2) is 0 Å². The Labute approximate surface area is 127 Å². The monoisotopic (exact) mass is 293 g/mol. The van der Waals surface area contributed by atoms with E-state index in [0.717, 1.165) is 31.1 Å². The Hall–Kier alpha value is -1.36. The Bertz CT molecular complexity index is 472. The number of carbonyl (C=O) groups excluding carboxylic acids is 1. The molecular weight excluding hydrogens is 266 g/mol. The van der Waals surface area contributed by atoms with Gasteiger partial charge in [-0.05, 0) is 31.7 Å². The van der Waals surface area contributed by atoms with Gasteiger partial charge in [0.1, 0.15) is 0 Å². The van der Waals surface area contributed by atoms with Crippen LogP contribution in [0.25, 0.3) is 0 Å². The highest BCUT2D eigenvalue weighted by Crippen LogP contribution is 2.29. The molecule has 0 unspecified atom stereocenters. The van der Waals surface area contributed by atoms with Gasteiger partial charge in [0, 0.05) is 18.0 Å². The summed E-state index contributed by atoms with van der Waals surface area (Å²) < 4.78 is 5.20. The van der Waals surface area contributed by atoms with Crippen LogP contribution in [0.5, 0.6) is 0 Å². The third-order valence-corrected chi connectivity index (χ3v) is 3.66. The molecule has 0 aromatic carbocycles. The molecule has 1 saturated carbocycles. The van der Waals surface area contributed by atoms with Crippen LogP contribution >= 0.6 is 0 Å². The molecule has 5 nitrogen and oxygen atoms in total. The van der Waals surface area contributed by atoms with E-state index in [1.807, 2.05) is 6.07 Å². The minimum absolute atomic E-state index is 0.0271. The van der Waals surface area contributed by atoms with Crippen molar-refractivity contribution >= 4 is 11.8 Å². The largest absolute Gasteiger partial charge is 0.338 e. The molecule has 118 valence electrons. The summed E-state index contributed by atoms with van der Waals surface area (Å²) in [6.45, 7) is 10.8. The molecule has 1 amide bonds. The zero-order valence-electron chi connectivity index (χ0n) is 13.6. The average Bonchev–Trinajstić information content (AvgIpc) is 3.04. The highest BCUT2D eigenvalue weighted by molar-refractivity contribution is 5.91. The van der Waals surface area contributed by atoms with E-state index in [4.69, 9.17) is 4.52 Å². The van der Waals surface area contributed by atoms with Crippen LogP contribution in [0.15, 0.2) is 10.6 Å². The normalized spacial score (nSPS) is 15.5. The van der Waals surface area contributed by atoms with Gasteiger partial charge in [-0.15, -0.1) is 0 Å². The predicted octanol–water partition coefficient (Wildman–Crippen LogP) is 3.03. The molecule has 0 bridgehead atoms. The average molecular weight is 293 g/mol. The summed E-state index contributed by atoms with van der Waals surface area (Å²) in [5.74, 6) is 1.20. The van der Waals surface area contributed by atoms with Gasteiger partial charge in [0.05, 0.1) is 12.2 Å². The van der Waals surface area contributed by atoms with Crippen molar-refractivity contribution in [2.45, 2.75) is 52.4 Å². The van der Waals surface area contributed by atoms with Gasteiger partial charge >= 0.3 is 0 Å². The minimum Gasteiger partial charge on any atom is -0.338 e. The quantitative estimate of drug-likeness (QED) is 0.839. The van der Waals surface area contributed by atoms with Crippen LogP contribution in [0.3, 0.4) is 0 Å². The van der Waals surface area contributed by atoms with Crippen molar-refractivity contribution < 1.29 is 9.32 Å². The first-order chi connectivity index (χ1) is 9.88. The molecule has 1 fully saturated rings. The van der Waals surface area contributed by atoms with Crippen LogP contribution in [0.2, 0.25) is 0 Å². The number of rotatable bonds is 7. The molecule has 0 spiro atoms. The van der Waals surface area contributed by atoms with Crippen molar-refractivity contribution in [3.05, 3.63) is 11.8 Å². The lowest BCUT2D eigenvalue weighted by molar-refractivity contribution is -0.117. The Morgan fingerprint density at radius 3 is 2.71 bits per heavy atom. The Kier molecular flexibility index (Phi) is 5.04. The van der Waals surface area contributed by atoms with E-state index in [-0.39, 0.29) is 11.3 Å². The summed E-state index contributed by atoms with van der Waals surface area (Å²) in [7, 11) is 0. The number of hydrogen-bond donors (Lipinski definition) is 1. The van der Waals surface area contributed by atoms with Crippen LogP contribution in [0.1, 0.15) is 52.7 Å². The maximum absolute atomic E-state index is 12.1. The second-order valence-corrected chi connectivity index (χ2v) is 7.05. The van der Waals surface area contributed by atoms with Crippen LogP contribution in [-0.2, 0) is 10.2 Å². The third kappa shape index (κ3) is 5.16. The lowest BCUT2D eigenvalue weighted by Crippen LogP contribution is -2.35. The number of aromatic nitrogens is 1. The second kappa shape index (κ2) is 6.60. The van der Waals surface area contributed by atoms with Crippen LogP contribution < -0.4 is 5.32 Å². The Morgan fingerprint density at radius 2 is 2.19 bits per heavy atom. The molecule has 1 N–H and O–H groups in total. The molecule has 1 heterocycles. The molecule has 0 aliphatic heterocycles. The first kappa shape index (κ1) is 16.0. The zero-order valence-corrected chi connectivity index (χ0v) is 13.6. The standard InChI is InChI=1S/C16H27N3O2/c1-5-8-19(10-12-6-7-12)11-14(20)17-15-9-13(18-21-15)16(2,3)4/h9,12H,5-8,10-11H2,1-4H3,(H,17,20). The van der Waals surface area contributed by atoms with Gasteiger partial charge < -0.3 is 4.52 Å². The number of nitrogens with zero attached hydrogens (tertiary/aromatic N) is 2. The van der Waals surface area contributed by atoms with Gasteiger partial charge in [-0.2, -0.15) is 0 Å². The number of hydrogen-bond acceptors (Lipinski definition) is 4. The summed E-state index contributed by atoms with van der Waals surface area (Å²) in [6, 6.07) is 1.81. The zero-order chi connectivity index (χ0) is 15.5. The summed E-state index contributed by atoms with van der Waals surface area (Å²) in [4.78, 5) is 14.3. The van der Waals surface area contributed by atoms with E-state index in [1.54, 1.807) is 0 Å². The van der Waals surface area contributed by atoms with E-state index in [0.29, 0.717) is 12.4 Å². The second-order valence-electron chi connectivity index (χ2n) is 7.05. The summed E-state index contributed by atoms with van der Waals surface area (Å²) in [5.41, 5.74) is 0.772.